The van der Waals surface area contributed by atoms with Gasteiger partial charge in [-0.05, 0) is 38.2 Å². The number of rotatable bonds is 2. The van der Waals surface area contributed by atoms with Crippen LogP contribution in [0.15, 0.2) is 0 Å². The SMILES string of the molecule is CCNC(=O)c1c(N)sc2c1CCCC2. The number of aryl methyl sites for hydroxylation is 1. The second-order valence-corrected chi connectivity index (χ2v) is 4.95. The van der Waals surface area contributed by atoms with Gasteiger partial charge in [0.05, 0.1) is 10.6 Å². The molecule has 0 saturated carbocycles. The van der Waals surface area contributed by atoms with Gasteiger partial charge < -0.3 is 11.1 Å². The van der Waals surface area contributed by atoms with Gasteiger partial charge in [0.2, 0.25) is 0 Å². The smallest absolute Gasteiger partial charge is 0.254 e. The highest BCUT2D eigenvalue weighted by Crippen LogP contribution is 2.35. The summed E-state index contributed by atoms with van der Waals surface area (Å²) in [5.74, 6) is -0.00519. The zero-order chi connectivity index (χ0) is 10.8. The molecule has 15 heavy (non-hydrogen) atoms. The predicted octanol–water partition coefficient (Wildman–Crippen LogP) is 1.96. The van der Waals surface area contributed by atoms with Crippen LogP contribution in [0.5, 0.6) is 0 Å². The van der Waals surface area contributed by atoms with Crippen LogP contribution in [-0.4, -0.2) is 12.5 Å². The zero-order valence-corrected chi connectivity index (χ0v) is 9.75. The van der Waals surface area contributed by atoms with Crippen molar-refractivity contribution in [2.45, 2.75) is 32.6 Å². The number of thiophene rings is 1. The number of nitrogen functional groups attached to an aromatic ring is 1. The first kappa shape index (κ1) is 10.5. The molecule has 4 heteroatoms. The van der Waals surface area contributed by atoms with Crippen LogP contribution in [0.25, 0.3) is 0 Å². The van der Waals surface area contributed by atoms with Gasteiger partial charge in [-0.15, -0.1) is 11.3 Å². The first-order valence-corrected chi connectivity index (χ1v) is 6.24. The Labute approximate surface area is 93.7 Å². The van der Waals surface area contributed by atoms with E-state index in [4.69, 9.17) is 5.73 Å². The Hall–Kier alpha value is -1.03. The van der Waals surface area contributed by atoms with Gasteiger partial charge in [0.25, 0.3) is 5.91 Å². The molecule has 1 aliphatic rings. The largest absolute Gasteiger partial charge is 0.390 e. The summed E-state index contributed by atoms with van der Waals surface area (Å²) >= 11 is 1.59. The lowest BCUT2D eigenvalue weighted by atomic mass is 9.95. The van der Waals surface area contributed by atoms with Crippen molar-refractivity contribution >= 4 is 22.2 Å². The van der Waals surface area contributed by atoms with E-state index in [0.717, 1.165) is 18.4 Å². The maximum Gasteiger partial charge on any atom is 0.254 e. The molecule has 3 nitrogen and oxygen atoms in total. The molecular weight excluding hydrogens is 208 g/mol. The van der Waals surface area contributed by atoms with Crippen LogP contribution in [-0.2, 0) is 12.8 Å². The lowest BCUT2D eigenvalue weighted by molar-refractivity contribution is 0.0956. The maximum atomic E-state index is 11.8. The first-order chi connectivity index (χ1) is 7.24. The Balaban J connectivity index is 2.37. The summed E-state index contributed by atoms with van der Waals surface area (Å²) in [5, 5.41) is 3.51. The highest BCUT2D eigenvalue weighted by molar-refractivity contribution is 7.16. The molecule has 0 radical (unpaired) electrons. The fourth-order valence-electron chi connectivity index (χ4n) is 2.09. The predicted molar refractivity (Wildman–Crippen MR) is 63.4 cm³/mol. The molecule has 0 spiro atoms. The number of nitrogens with one attached hydrogen (secondary N) is 1. The van der Waals surface area contributed by atoms with Gasteiger partial charge in [-0.2, -0.15) is 0 Å². The van der Waals surface area contributed by atoms with Crippen molar-refractivity contribution in [2.24, 2.45) is 0 Å². The molecule has 1 aromatic rings. The van der Waals surface area contributed by atoms with Gasteiger partial charge in [-0.25, -0.2) is 0 Å². The Morgan fingerprint density at radius 2 is 2.20 bits per heavy atom. The van der Waals surface area contributed by atoms with Crippen LogP contribution in [0.3, 0.4) is 0 Å². The summed E-state index contributed by atoms with van der Waals surface area (Å²) in [6, 6.07) is 0. The molecule has 1 aliphatic carbocycles. The van der Waals surface area contributed by atoms with E-state index in [-0.39, 0.29) is 5.91 Å². The average molecular weight is 224 g/mol. The first-order valence-electron chi connectivity index (χ1n) is 5.42. The van der Waals surface area contributed by atoms with Gasteiger partial charge in [0.1, 0.15) is 0 Å². The third-order valence-electron chi connectivity index (χ3n) is 2.76. The number of hydrogen-bond donors (Lipinski definition) is 2. The molecule has 0 saturated heterocycles. The Morgan fingerprint density at radius 1 is 1.47 bits per heavy atom. The monoisotopic (exact) mass is 224 g/mol. The molecule has 2 rings (SSSR count). The fraction of sp³-hybridized carbons (Fsp3) is 0.545. The summed E-state index contributed by atoms with van der Waals surface area (Å²) in [4.78, 5) is 13.1. The Kier molecular flexibility index (Phi) is 2.95. The molecule has 0 aromatic carbocycles. The molecule has 1 heterocycles. The molecule has 1 aromatic heterocycles. The minimum absolute atomic E-state index is 0.00519. The molecule has 82 valence electrons. The van der Waals surface area contributed by atoms with Crippen molar-refractivity contribution in [3.63, 3.8) is 0 Å². The summed E-state index contributed by atoms with van der Waals surface area (Å²) in [6.45, 7) is 2.58. The minimum Gasteiger partial charge on any atom is -0.390 e. The van der Waals surface area contributed by atoms with E-state index in [1.165, 1.54) is 23.3 Å². The van der Waals surface area contributed by atoms with Gasteiger partial charge in [0.15, 0.2) is 0 Å². The van der Waals surface area contributed by atoms with E-state index >= 15 is 0 Å². The molecule has 1 amide bonds. The number of amides is 1. The lowest BCUT2D eigenvalue weighted by Crippen LogP contribution is -2.24. The van der Waals surface area contributed by atoms with Gasteiger partial charge >= 0.3 is 0 Å². The lowest BCUT2D eigenvalue weighted by Gasteiger charge is -2.12. The average Bonchev–Trinajstić information content (AvgIpc) is 2.54. The number of nitrogens with two attached hydrogens (primary N) is 1. The number of carbonyl (C=O) groups excluding carboxylic acids is 1. The zero-order valence-electron chi connectivity index (χ0n) is 8.93. The van der Waals surface area contributed by atoms with E-state index in [1.807, 2.05) is 6.92 Å². The van der Waals surface area contributed by atoms with E-state index in [9.17, 15) is 4.79 Å². The van der Waals surface area contributed by atoms with Crippen molar-refractivity contribution in [2.75, 3.05) is 12.3 Å². The topological polar surface area (TPSA) is 55.1 Å². The normalized spacial score (nSPS) is 14.7. The number of anilines is 1. The summed E-state index contributed by atoms with van der Waals surface area (Å²) in [5.41, 5.74) is 7.86. The minimum atomic E-state index is -0.00519. The molecular formula is C11H16N2OS. The van der Waals surface area contributed by atoms with Gasteiger partial charge in [-0.1, -0.05) is 0 Å². The summed E-state index contributed by atoms with van der Waals surface area (Å²) in [7, 11) is 0. The van der Waals surface area contributed by atoms with Crippen LogP contribution in [0.2, 0.25) is 0 Å². The van der Waals surface area contributed by atoms with Gasteiger partial charge in [0, 0.05) is 11.4 Å². The molecule has 0 atom stereocenters. The van der Waals surface area contributed by atoms with Crippen molar-refractivity contribution in [1.82, 2.24) is 5.32 Å². The molecule has 0 bridgehead atoms. The molecule has 0 unspecified atom stereocenters. The highest BCUT2D eigenvalue weighted by atomic mass is 32.1. The van der Waals surface area contributed by atoms with E-state index in [2.05, 4.69) is 5.32 Å². The Morgan fingerprint density at radius 3 is 2.93 bits per heavy atom. The second kappa shape index (κ2) is 4.23. The van der Waals surface area contributed by atoms with Crippen molar-refractivity contribution in [1.29, 1.82) is 0 Å². The molecule has 3 N–H and O–H groups in total. The molecule has 0 aliphatic heterocycles. The van der Waals surface area contributed by atoms with Crippen LogP contribution >= 0.6 is 11.3 Å². The quantitative estimate of drug-likeness (QED) is 0.807. The van der Waals surface area contributed by atoms with Crippen LogP contribution in [0.4, 0.5) is 5.00 Å². The van der Waals surface area contributed by atoms with Crippen molar-refractivity contribution in [3.05, 3.63) is 16.0 Å². The number of carbonyl (C=O) groups is 1. The van der Waals surface area contributed by atoms with E-state index in [1.54, 1.807) is 11.3 Å². The third kappa shape index (κ3) is 1.86. The summed E-state index contributed by atoms with van der Waals surface area (Å²) in [6.07, 6.45) is 4.50. The van der Waals surface area contributed by atoms with Crippen LogP contribution in [0, 0.1) is 0 Å². The van der Waals surface area contributed by atoms with Gasteiger partial charge in [-0.3, -0.25) is 4.79 Å². The fourth-order valence-corrected chi connectivity index (χ4v) is 3.24. The number of hydrogen-bond acceptors (Lipinski definition) is 3. The van der Waals surface area contributed by atoms with Crippen LogP contribution in [0.1, 0.15) is 40.6 Å². The Bertz CT molecular complexity index is 384. The standard InChI is InChI=1S/C11H16N2OS/c1-2-13-11(14)9-7-5-3-4-6-8(7)15-10(9)12/h2-6,12H2,1H3,(H,13,14). The second-order valence-electron chi connectivity index (χ2n) is 3.81. The van der Waals surface area contributed by atoms with Crippen LogP contribution < -0.4 is 11.1 Å². The van der Waals surface area contributed by atoms with E-state index < -0.39 is 0 Å². The number of fused-ring (bicyclic) bond motifs is 1. The van der Waals surface area contributed by atoms with Crippen molar-refractivity contribution in [3.8, 4) is 0 Å². The summed E-state index contributed by atoms with van der Waals surface area (Å²) < 4.78 is 0. The van der Waals surface area contributed by atoms with E-state index in [0.29, 0.717) is 11.5 Å². The highest BCUT2D eigenvalue weighted by Gasteiger charge is 2.23. The molecule has 0 fully saturated rings. The van der Waals surface area contributed by atoms with Crippen molar-refractivity contribution < 1.29 is 4.79 Å². The maximum absolute atomic E-state index is 11.8. The third-order valence-corrected chi connectivity index (χ3v) is 3.88.